The molecule has 1 N–H and O–H groups in total. The van der Waals surface area contributed by atoms with Crippen molar-refractivity contribution in [2.24, 2.45) is 0 Å². The van der Waals surface area contributed by atoms with Crippen LogP contribution in [0.15, 0.2) is 36.7 Å². The van der Waals surface area contributed by atoms with E-state index >= 15 is 0 Å². The van der Waals surface area contributed by atoms with Crippen LogP contribution in [0.4, 0.5) is 0 Å². The SMILES string of the molecule is COc1cccc(C2CC(O)CN2Cc2nccn2C(C)C)c1. The second kappa shape index (κ2) is 6.72. The van der Waals surface area contributed by atoms with E-state index in [1.165, 1.54) is 5.56 Å². The van der Waals surface area contributed by atoms with Gasteiger partial charge in [0.2, 0.25) is 0 Å². The number of hydrogen-bond acceptors (Lipinski definition) is 4. The van der Waals surface area contributed by atoms with Crippen LogP contribution in [0.2, 0.25) is 0 Å². The van der Waals surface area contributed by atoms with Gasteiger partial charge in [-0.2, -0.15) is 0 Å². The summed E-state index contributed by atoms with van der Waals surface area (Å²) in [6.07, 6.45) is 4.32. The van der Waals surface area contributed by atoms with Crippen LogP contribution in [0.25, 0.3) is 0 Å². The summed E-state index contributed by atoms with van der Waals surface area (Å²) in [5.41, 5.74) is 1.18. The highest BCUT2D eigenvalue weighted by molar-refractivity contribution is 5.31. The third kappa shape index (κ3) is 3.41. The Morgan fingerprint density at radius 1 is 1.39 bits per heavy atom. The Bertz CT molecular complexity index is 653. The molecule has 2 aromatic rings. The Kier molecular flexibility index (Phi) is 4.68. The summed E-state index contributed by atoms with van der Waals surface area (Å²) in [6.45, 7) is 5.73. The number of aromatic nitrogens is 2. The van der Waals surface area contributed by atoms with Crippen LogP contribution in [0, 0.1) is 0 Å². The smallest absolute Gasteiger partial charge is 0.123 e. The first-order valence-corrected chi connectivity index (χ1v) is 8.16. The third-order valence-corrected chi connectivity index (χ3v) is 4.51. The number of rotatable bonds is 5. The van der Waals surface area contributed by atoms with Gasteiger partial charge in [-0.15, -0.1) is 0 Å². The molecule has 0 saturated carbocycles. The van der Waals surface area contributed by atoms with Gasteiger partial charge in [-0.1, -0.05) is 12.1 Å². The monoisotopic (exact) mass is 315 g/mol. The number of nitrogens with zero attached hydrogens (tertiary/aromatic N) is 3. The van der Waals surface area contributed by atoms with Gasteiger partial charge in [0.25, 0.3) is 0 Å². The molecule has 3 rings (SSSR count). The zero-order chi connectivity index (χ0) is 16.4. The lowest BCUT2D eigenvalue weighted by atomic mass is 10.0. The molecule has 124 valence electrons. The van der Waals surface area contributed by atoms with E-state index in [0.717, 1.165) is 24.5 Å². The van der Waals surface area contributed by atoms with Gasteiger partial charge in [-0.3, -0.25) is 4.90 Å². The Morgan fingerprint density at radius 2 is 2.22 bits per heavy atom. The van der Waals surface area contributed by atoms with Crippen LogP contribution < -0.4 is 4.74 Å². The van der Waals surface area contributed by atoms with Gasteiger partial charge in [0, 0.05) is 31.0 Å². The predicted octanol–water partition coefficient (Wildman–Crippen LogP) is 2.78. The first kappa shape index (κ1) is 16.0. The van der Waals surface area contributed by atoms with Gasteiger partial charge in [-0.05, 0) is 38.0 Å². The van der Waals surface area contributed by atoms with Crippen molar-refractivity contribution < 1.29 is 9.84 Å². The lowest BCUT2D eigenvalue weighted by molar-refractivity contribution is 0.170. The Balaban J connectivity index is 1.83. The average Bonchev–Trinajstić information content (AvgIpc) is 3.14. The van der Waals surface area contributed by atoms with E-state index in [1.54, 1.807) is 7.11 Å². The fourth-order valence-electron chi connectivity index (χ4n) is 3.37. The molecule has 1 fully saturated rings. The number of aliphatic hydroxyl groups is 1. The molecule has 2 atom stereocenters. The predicted molar refractivity (Wildman–Crippen MR) is 89.4 cm³/mol. The second-order valence-corrected chi connectivity index (χ2v) is 6.46. The lowest BCUT2D eigenvalue weighted by Crippen LogP contribution is -2.26. The molecule has 0 spiro atoms. The molecule has 1 aliphatic heterocycles. The molecule has 0 aliphatic carbocycles. The highest BCUT2D eigenvalue weighted by Crippen LogP contribution is 2.34. The van der Waals surface area contributed by atoms with Gasteiger partial charge in [0.1, 0.15) is 11.6 Å². The summed E-state index contributed by atoms with van der Waals surface area (Å²) < 4.78 is 7.52. The molecule has 0 radical (unpaired) electrons. The Hall–Kier alpha value is -1.85. The topological polar surface area (TPSA) is 50.5 Å². The van der Waals surface area contributed by atoms with Crippen molar-refractivity contribution in [3.05, 3.63) is 48.0 Å². The number of imidazole rings is 1. The van der Waals surface area contributed by atoms with Crippen molar-refractivity contribution in [3.8, 4) is 5.75 Å². The average molecular weight is 315 g/mol. The van der Waals surface area contributed by atoms with Crippen molar-refractivity contribution in [2.45, 2.75) is 45.0 Å². The molecular weight excluding hydrogens is 290 g/mol. The molecule has 5 nitrogen and oxygen atoms in total. The van der Waals surface area contributed by atoms with Crippen LogP contribution in [-0.2, 0) is 6.54 Å². The fourth-order valence-corrected chi connectivity index (χ4v) is 3.37. The minimum absolute atomic E-state index is 0.192. The van der Waals surface area contributed by atoms with E-state index in [0.29, 0.717) is 12.6 Å². The van der Waals surface area contributed by atoms with E-state index in [9.17, 15) is 5.11 Å². The number of likely N-dealkylation sites (tertiary alicyclic amines) is 1. The summed E-state index contributed by atoms with van der Waals surface area (Å²) >= 11 is 0. The molecule has 2 unspecified atom stereocenters. The highest BCUT2D eigenvalue weighted by Gasteiger charge is 2.33. The first-order valence-electron chi connectivity index (χ1n) is 8.16. The third-order valence-electron chi connectivity index (χ3n) is 4.51. The number of benzene rings is 1. The van der Waals surface area contributed by atoms with E-state index in [1.807, 2.05) is 24.5 Å². The summed E-state index contributed by atoms with van der Waals surface area (Å²) in [7, 11) is 1.68. The van der Waals surface area contributed by atoms with E-state index in [2.05, 4.69) is 40.4 Å². The van der Waals surface area contributed by atoms with Crippen molar-refractivity contribution in [3.63, 3.8) is 0 Å². The van der Waals surface area contributed by atoms with Crippen molar-refractivity contribution in [2.75, 3.05) is 13.7 Å². The maximum Gasteiger partial charge on any atom is 0.123 e. The maximum atomic E-state index is 10.2. The quantitative estimate of drug-likeness (QED) is 0.922. The molecule has 0 bridgehead atoms. The minimum atomic E-state index is -0.298. The van der Waals surface area contributed by atoms with E-state index < -0.39 is 0 Å². The molecule has 1 aromatic heterocycles. The zero-order valence-electron chi connectivity index (χ0n) is 14.0. The largest absolute Gasteiger partial charge is 0.497 e. The zero-order valence-corrected chi connectivity index (χ0v) is 14.0. The molecule has 5 heteroatoms. The van der Waals surface area contributed by atoms with Crippen LogP contribution in [0.5, 0.6) is 5.75 Å². The normalized spacial score (nSPS) is 22.0. The molecule has 1 aromatic carbocycles. The maximum absolute atomic E-state index is 10.2. The number of β-amino-alcohol motifs (C(OH)–C–C–N with tert-alkyl or cyclic N) is 1. The van der Waals surface area contributed by atoms with Gasteiger partial charge in [0.05, 0.1) is 19.8 Å². The number of aliphatic hydroxyl groups excluding tert-OH is 1. The lowest BCUT2D eigenvalue weighted by Gasteiger charge is -2.25. The van der Waals surface area contributed by atoms with Crippen molar-refractivity contribution in [1.82, 2.24) is 14.5 Å². The number of ether oxygens (including phenoxy) is 1. The van der Waals surface area contributed by atoms with Gasteiger partial charge >= 0.3 is 0 Å². The van der Waals surface area contributed by atoms with E-state index in [4.69, 9.17) is 4.74 Å². The standard InChI is InChI=1S/C18H25N3O2/c1-13(2)21-8-7-19-18(21)12-20-11-15(22)10-17(20)14-5-4-6-16(9-14)23-3/h4-9,13,15,17,22H,10-12H2,1-3H3. The summed E-state index contributed by atoms with van der Waals surface area (Å²) in [5, 5.41) is 10.2. The fraction of sp³-hybridized carbons (Fsp3) is 0.500. The van der Waals surface area contributed by atoms with Crippen LogP contribution in [-0.4, -0.2) is 39.3 Å². The first-order chi connectivity index (χ1) is 11.1. The number of hydrogen-bond donors (Lipinski definition) is 1. The molecule has 23 heavy (non-hydrogen) atoms. The minimum Gasteiger partial charge on any atom is -0.497 e. The summed E-state index contributed by atoms with van der Waals surface area (Å²) in [6, 6.07) is 8.70. The van der Waals surface area contributed by atoms with Gasteiger partial charge in [0.15, 0.2) is 0 Å². The van der Waals surface area contributed by atoms with E-state index in [-0.39, 0.29) is 12.1 Å². The van der Waals surface area contributed by atoms with Crippen LogP contribution >= 0.6 is 0 Å². The van der Waals surface area contributed by atoms with Crippen molar-refractivity contribution in [1.29, 1.82) is 0 Å². The van der Waals surface area contributed by atoms with Crippen LogP contribution in [0.3, 0.4) is 0 Å². The van der Waals surface area contributed by atoms with Gasteiger partial charge in [-0.25, -0.2) is 4.98 Å². The summed E-state index contributed by atoms with van der Waals surface area (Å²) in [5.74, 6) is 1.90. The Morgan fingerprint density at radius 3 is 2.96 bits per heavy atom. The van der Waals surface area contributed by atoms with Gasteiger partial charge < -0.3 is 14.4 Å². The van der Waals surface area contributed by atoms with Crippen LogP contribution in [0.1, 0.15) is 43.7 Å². The molecule has 0 amide bonds. The number of methoxy groups -OCH3 is 1. The molecular formula is C18H25N3O2. The Labute approximate surface area is 137 Å². The molecule has 1 aliphatic rings. The second-order valence-electron chi connectivity index (χ2n) is 6.46. The molecule has 2 heterocycles. The summed E-state index contributed by atoms with van der Waals surface area (Å²) in [4.78, 5) is 6.81. The highest BCUT2D eigenvalue weighted by atomic mass is 16.5. The van der Waals surface area contributed by atoms with Crippen molar-refractivity contribution >= 4 is 0 Å². The molecule has 1 saturated heterocycles.